The molecule has 1 nitrogen and oxygen atoms in total. The molecule has 0 heterocycles. The molecule has 0 radical (unpaired) electrons. The zero-order valence-electron chi connectivity index (χ0n) is 19.8. The van der Waals surface area contributed by atoms with Crippen molar-refractivity contribution < 1.29 is 16.6 Å². The summed E-state index contributed by atoms with van der Waals surface area (Å²) in [7, 11) is 1.36. The first-order valence-corrected chi connectivity index (χ1v) is 13.3. The van der Waals surface area contributed by atoms with Gasteiger partial charge in [-0.2, -0.15) is 0 Å². The Labute approximate surface area is 183 Å². The van der Waals surface area contributed by atoms with E-state index in [0.717, 1.165) is 5.92 Å². The van der Waals surface area contributed by atoms with Crippen molar-refractivity contribution in [3.05, 3.63) is 0 Å². The molecule has 0 aliphatic carbocycles. The van der Waals surface area contributed by atoms with Gasteiger partial charge in [-0.1, -0.05) is 98.3 Å². The molecule has 27 heavy (non-hydrogen) atoms. The van der Waals surface area contributed by atoms with E-state index >= 15 is 0 Å². The lowest BCUT2D eigenvalue weighted by Gasteiger charge is -2.38. The molecule has 0 aromatic rings. The molecule has 0 fully saturated rings. The standard InChI is InChI=1S/C24H54NSi.ClH/c1-5-9-12-14-16-21-25(26,22-17-15-13-10-6-2)23-20-24(18-8-4)19-11-7-3;/h24H,5-23H2,1-4,26H3;1H/q+1;/p-1. The average molecular weight is 420 g/mol. The highest BCUT2D eigenvalue weighted by Gasteiger charge is 2.21. The average Bonchev–Trinajstić information content (AvgIpc) is 2.64. The Bertz CT molecular complexity index is 272. The van der Waals surface area contributed by atoms with Crippen LogP contribution in [0.15, 0.2) is 0 Å². The number of unbranched alkanes of at least 4 members (excludes halogenated alkanes) is 9. The van der Waals surface area contributed by atoms with Gasteiger partial charge in [0.1, 0.15) is 0 Å². The smallest absolute Gasteiger partial charge is 0.239 e. The van der Waals surface area contributed by atoms with E-state index in [0.29, 0.717) is 0 Å². The number of rotatable bonds is 20. The van der Waals surface area contributed by atoms with Gasteiger partial charge in [0.2, 0.25) is 10.4 Å². The maximum absolute atomic E-state index is 2.38. The van der Waals surface area contributed by atoms with Gasteiger partial charge in [-0.15, -0.1) is 0 Å². The highest BCUT2D eigenvalue weighted by atomic mass is 35.5. The lowest BCUT2D eigenvalue weighted by Crippen LogP contribution is -3.00. The van der Waals surface area contributed by atoms with Crippen LogP contribution >= 0.6 is 0 Å². The van der Waals surface area contributed by atoms with Crippen molar-refractivity contribution in [1.82, 2.24) is 0 Å². The highest BCUT2D eigenvalue weighted by molar-refractivity contribution is 5.97. The van der Waals surface area contributed by atoms with Crippen LogP contribution in [0.25, 0.3) is 0 Å². The molecular formula is C24H54ClNSi. The molecule has 0 N–H and O–H groups in total. The van der Waals surface area contributed by atoms with Gasteiger partial charge in [0.15, 0.2) is 0 Å². The Balaban J connectivity index is 0. The Morgan fingerprint density at radius 3 is 1.44 bits per heavy atom. The summed E-state index contributed by atoms with van der Waals surface area (Å²) in [6.45, 7) is 13.8. The molecule has 0 aromatic heterocycles. The Hall–Kier alpha value is 0.467. The summed E-state index contributed by atoms with van der Waals surface area (Å²) in [6, 6.07) is 0. The SMILES string of the molecule is CCCCCCC[N+]([SiH3])(CCCCCCC)CCC(CCC)CCCC.[Cl-]. The lowest BCUT2D eigenvalue weighted by atomic mass is 9.93. The normalized spacial score (nSPS) is 12.9. The van der Waals surface area contributed by atoms with E-state index in [1.165, 1.54) is 137 Å². The summed E-state index contributed by atoms with van der Waals surface area (Å²) in [4.78, 5) is 0. The molecule has 0 amide bonds. The second-order valence-corrected chi connectivity index (χ2v) is 11.1. The molecule has 0 aliphatic heterocycles. The number of quaternary nitrogens is 1. The molecule has 166 valence electrons. The van der Waals surface area contributed by atoms with E-state index in [-0.39, 0.29) is 12.4 Å². The van der Waals surface area contributed by atoms with Crippen LogP contribution in [0.4, 0.5) is 0 Å². The largest absolute Gasteiger partial charge is 1.00 e. The number of hydrogen-bond donors (Lipinski definition) is 0. The molecule has 3 heteroatoms. The van der Waals surface area contributed by atoms with Crippen LogP contribution in [0.1, 0.15) is 130 Å². The number of nitrogens with zero attached hydrogens (tertiary/aromatic N) is 1. The third-order valence-electron chi connectivity index (χ3n) is 6.34. The molecule has 0 saturated heterocycles. The van der Waals surface area contributed by atoms with Gasteiger partial charge in [0.25, 0.3) is 0 Å². The minimum Gasteiger partial charge on any atom is -1.00 e. The molecule has 0 aromatic carbocycles. The van der Waals surface area contributed by atoms with Gasteiger partial charge in [-0.05, 0) is 38.0 Å². The minimum atomic E-state index is 0. The van der Waals surface area contributed by atoms with Gasteiger partial charge >= 0.3 is 0 Å². The van der Waals surface area contributed by atoms with E-state index in [1.54, 1.807) is 0 Å². The van der Waals surface area contributed by atoms with Gasteiger partial charge in [-0.3, -0.25) is 0 Å². The zero-order chi connectivity index (χ0) is 19.5. The summed E-state index contributed by atoms with van der Waals surface area (Å²) in [5, 5.41) is 0. The van der Waals surface area contributed by atoms with Crippen molar-refractivity contribution >= 4 is 10.4 Å². The van der Waals surface area contributed by atoms with Crippen molar-refractivity contribution in [3.63, 3.8) is 0 Å². The fraction of sp³-hybridized carbons (Fsp3) is 1.00. The topological polar surface area (TPSA) is 0 Å². The van der Waals surface area contributed by atoms with Gasteiger partial charge in [0.05, 0.1) is 19.6 Å². The summed E-state index contributed by atoms with van der Waals surface area (Å²) in [6.07, 6.45) is 23.1. The van der Waals surface area contributed by atoms with Crippen molar-refractivity contribution in [2.24, 2.45) is 5.92 Å². The summed E-state index contributed by atoms with van der Waals surface area (Å²) < 4.78 is 1.49. The minimum absolute atomic E-state index is 0. The Morgan fingerprint density at radius 1 is 0.519 bits per heavy atom. The van der Waals surface area contributed by atoms with Gasteiger partial charge in [-0.25, -0.2) is 0 Å². The van der Waals surface area contributed by atoms with E-state index < -0.39 is 0 Å². The first-order chi connectivity index (χ1) is 12.6. The van der Waals surface area contributed by atoms with Crippen LogP contribution in [0, 0.1) is 5.92 Å². The maximum Gasteiger partial charge on any atom is 0.239 e. The highest BCUT2D eigenvalue weighted by Crippen LogP contribution is 2.22. The molecule has 0 rings (SSSR count). The number of halogens is 1. The predicted octanol–water partition coefficient (Wildman–Crippen LogP) is 4.03. The predicted molar refractivity (Wildman–Crippen MR) is 125 cm³/mol. The van der Waals surface area contributed by atoms with Crippen LogP contribution in [-0.2, 0) is 0 Å². The van der Waals surface area contributed by atoms with Crippen molar-refractivity contribution in [2.45, 2.75) is 130 Å². The first kappa shape index (κ1) is 29.7. The van der Waals surface area contributed by atoms with E-state index in [2.05, 4.69) is 27.7 Å². The van der Waals surface area contributed by atoms with E-state index in [9.17, 15) is 0 Å². The van der Waals surface area contributed by atoms with Crippen LogP contribution < -0.4 is 12.4 Å². The summed E-state index contributed by atoms with van der Waals surface area (Å²) in [5.74, 6) is 1.01. The molecule has 1 unspecified atom stereocenters. The van der Waals surface area contributed by atoms with E-state index in [1.807, 2.05) is 0 Å². The van der Waals surface area contributed by atoms with Crippen molar-refractivity contribution in [1.29, 1.82) is 0 Å². The molecule has 0 bridgehead atoms. The van der Waals surface area contributed by atoms with Crippen LogP contribution in [0.2, 0.25) is 0 Å². The fourth-order valence-electron chi connectivity index (χ4n) is 4.36. The molecule has 0 spiro atoms. The Morgan fingerprint density at radius 2 is 1.00 bits per heavy atom. The van der Waals surface area contributed by atoms with Gasteiger partial charge < -0.3 is 16.6 Å². The maximum atomic E-state index is 2.38. The first-order valence-electron chi connectivity index (χ1n) is 12.4. The molecule has 0 saturated carbocycles. The zero-order valence-corrected chi connectivity index (χ0v) is 22.6. The van der Waals surface area contributed by atoms with Crippen molar-refractivity contribution in [2.75, 3.05) is 19.6 Å². The van der Waals surface area contributed by atoms with Crippen LogP contribution in [0.3, 0.4) is 0 Å². The summed E-state index contributed by atoms with van der Waals surface area (Å²) in [5.41, 5.74) is 0. The van der Waals surface area contributed by atoms with E-state index in [4.69, 9.17) is 0 Å². The molecule has 1 atom stereocenters. The fourth-order valence-corrected chi connectivity index (χ4v) is 5.25. The lowest BCUT2D eigenvalue weighted by molar-refractivity contribution is -0.818. The molecule has 0 aliphatic rings. The summed E-state index contributed by atoms with van der Waals surface area (Å²) >= 11 is 0. The van der Waals surface area contributed by atoms with Crippen molar-refractivity contribution in [3.8, 4) is 0 Å². The second-order valence-electron chi connectivity index (χ2n) is 9.20. The van der Waals surface area contributed by atoms with Gasteiger partial charge in [0, 0.05) is 0 Å². The second kappa shape index (κ2) is 21.2. The number of hydrogen-bond acceptors (Lipinski definition) is 0. The molecular weight excluding hydrogens is 366 g/mol. The quantitative estimate of drug-likeness (QED) is 0.206. The third-order valence-corrected chi connectivity index (χ3v) is 7.68. The Kier molecular flexibility index (Phi) is 23.3. The third kappa shape index (κ3) is 18.2. The van der Waals surface area contributed by atoms with Crippen LogP contribution in [-0.4, -0.2) is 34.2 Å². The monoisotopic (exact) mass is 419 g/mol. The van der Waals surface area contributed by atoms with Crippen LogP contribution in [0.5, 0.6) is 0 Å².